The van der Waals surface area contributed by atoms with Gasteiger partial charge >= 0.3 is 0 Å². The second-order valence-electron chi connectivity index (χ2n) is 5.16. The van der Waals surface area contributed by atoms with Crippen LogP contribution in [0.4, 0.5) is 5.69 Å². The zero-order valence-corrected chi connectivity index (χ0v) is 12.2. The Hall–Kier alpha value is -1.62. The molecule has 1 aromatic heterocycles. The van der Waals surface area contributed by atoms with E-state index >= 15 is 0 Å². The third-order valence-corrected chi connectivity index (χ3v) is 3.93. The summed E-state index contributed by atoms with van der Waals surface area (Å²) in [7, 11) is 0. The molecule has 1 unspecified atom stereocenters. The van der Waals surface area contributed by atoms with Crippen molar-refractivity contribution in [3.8, 4) is 5.88 Å². The normalized spacial score (nSPS) is 22.3. The summed E-state index contributed by atoms with van der Waals surface area (Å²) >= 11 is 0. The highest BCUT2D eigenvalue weighted by Gasteiger charge is 2.38. The van der Waals surface area contributed by atoms with Crippen LogP contribution in [0.25, 0.3) is 0 Å². The van der Waals surface area contributed by atoms with Crippen LogP contribution in [0.1, 0.15) is 33.1 Å². The summed E-state index contributed by atoms with van der Waals surface area (Å²) in [4.78, 5) is 16.8. The van der Waals surface area contributed by atoms with Crippen LogP contribution in [0.3, 0.4) is 0 Å². The molecule has 1 aliphatic rings. The van der Waals surface area contributed by atoms with Gasteiger partial charge in [-0.25, -0.2) is 4.98 Å². The molecule has 1 fully saturated rings. The van der Waals surface area contributed by atoms with Gasteiger partial charge in [0.25, 0.3) is 0 Å². The highest BCUT2D eigenvalue weighted by Crippen LogP contribution is 2.32. The quantitative estimate of drug-likeness (QED) is 0.866. The Morgan fingerprint density at radius 3 is 3.05 bits per heavy atom. The molecule has 2 N–H and O–H groups in total. The van der Waals surface area contributed by atoms with E-state index in [0.29, 0.717) is 18.2 Å². The third-order valence-electron chi connectivity index (χ3n) is 3.93. The number of nitrogens with zero attached hydrogens (tertiary/aromatic N) is 1. The number of hydrogen-bond donors (Lipinski definition) is 2. The first-order valence-electron chi connectivity index (χ1n) is 7.32. The second kappa shape index (κ2) is 6.70. The Bertz CT molecular complexity index is 456. The summed E-state index contributed by atoms with van der Waals surface area (Å²) in [6, 6.07) is 3.63. The number of anilines is 1. The number of aromatic nitrogens is 1. The monoisotopic (exact) mass is 277 g/mol. The van der Waals surface area contributed by atoms with Gasteiger partial charge in [0.2, 0.25) is 11.8 Å². The molecule has 1 aromatic rings. The first-order chi connectivity index (χ1) is 9.72. The van der Waals surface area contributed by atoms with Crippen molar-refractivity contribution in [1.29, 1.82) is 0 Å². The highest BCUT2D eigenvalue weighted by molar-refractivity contribution is 5.96. The van der Waals surface area contributed by atoms with Crippen LogP contribution in [-0.2, 0) is 4.79 Å². The molecule has 0 aliphatic carbocycles. The van der Waals surface area contributed by atoms with Gasteiger partial charge in [0.05, 0.1) is 12.0 Å². The molecule has 5 nitrogen and oxygen atoms in total. The maximum absolute atomic E-state index is 12.6. The number of hydrogen-bond acceptors (Lipinski definition) is 4. The lowest BCUT2D eigenvalue weighted by atomic mass is 9.77. The Labute approximate surface area is 120 Å². The largest absolute Gasteiger partial charge is 0.476 e. The van der Waals surface area contributed by atoms with Gasteiger partial charge < -0.3 is 15.4 Å². The van der Waals surface area contributed by atoms with Crippen LogP contribution in [0.15, 0.2) is 18.3 Å². The number of carbonyl (C=O) groups is 1. The average Bonchev–Trinajstić information content (AvgIpc) is 2.50. The van der Waals surface area contributed by atoms with Crippen molar-refractivity contribution in [2.75, 3.05) is 25.0 Å². The van der Waals surface area contributed by atoms with E-state index < -0.39 is 0 Å². The first-order valence-corrected chi connectivity index (χ1v) is 7.32. The number of amides is 1. The van der Waals surface area contributed by atoms with E-state index in [1.165, 1.54) is 0 Å². The molecule has 0 saturated carbocycles. The van der Waals surface area contributed by atoms with E-state index in [1.807, 2.05) is 13.0 Å². The van der Waals surface area contributed by atoms with Gasteiger partial charge in [-0.3, -0.25) is 4.79 Å². The molecular weight excluding hydrogens is 254 g/mol. The molecule has 20 heavy (non-hydrogen) atoms. The summed E-state index contributed by atoms with van der Waals surface area (Å²) < 4.78 is 5.45. The summed E-state index contributed by atoms with van der Waals surface area (Å²) in [5.41, 5.74) is 0.329. The SMILES string of the molecule is CCOc1ncccc1NC(=O)C1(CC)CCCNC1. The van der Waals surface area contributed by atoms with Crippen molar-refractivity contribution in [2.45, 2.75) is 33.1 Å². The lowest BCUT2D eigenvalue weighted by molar-refractivity contribution is -0.126. The van der Waals surface area contributed by atoms with Crippen LogP contribution < -0.4 is 15.4 Å². The molecule has 0 bridgehead atoms. The van der Waals surface area contributed by atoms with Crippen LogP contribution >= 0.6 is 0 Å². The molecule has 0 aromatic carbocycles. The van der Waals surface area contributed by atoms with E-state index in [1.54, 1.807) is 12.3 Å². The molecule has 110 valence electrons. The van der Waals surface area contributed by atoms with Gasteiger partial charge in [0.15, 0.2) is 0 Å². The zero-order chi connectivity index (χ0) is 14.4. The molecule has 1 atom stereocenters. The van der Waals surface area contributed by atoms with E-state index in [9.17, 15) is 4.79 Å². The van der Waals surface area contributed by atoms with Gasteiger partial charge in [0, 0.05) is 12.7 Å². The van der Waals surface area contributed by atoms with Crippen LogP contribution in [-0.4, -0.2) is 30.6 Å². The van der Waals surface area contributed by atoms with Gasteiger partial charge in [-0.15, -0.1) is 0 Å². The molecule has 2 heterocycles. The van der Waals surface area contributed by atoms with Gasteiger partial charge in [-0.2, -0.15) is 0 Å². The van der Waals surface area contributed by atoms with Crippen molar-refractivity contribution >= 4 is 11.6 Å². The number of pyridine rings is 1. The molecule has 0 radical (unpaired) electrons. The molecule has 2 rings (SSSR count). The number of piperidine rings is 1. The van der Waals surface area contributed by atoms with E-state index in [-0.39, 0.29) is 11.3 Å². The van der Waals surface area contributed by atoms with Crippen LogP contribution in [0, 0.1) is 5.41 Å². The summed E-state index contributed by atoms with van der Waals surface area (Å²) in [6.07, 6.45) is 4.45. The van der Waals surface area contributed by atoms with E-state index in [2.05, 4.69) is 22.5 Å². The fraction of sp³-hybridized carbons (Fsp3) is 0.600. The minimum absolute atomic E-state index is 0.0566. The van der Waals surface area contributed by atoms with Gasteiger partial charge in [-0.1, -0.05) is 6.92 Å². The van der Waals surface area contributed by atoms with Crippen molar-refractivity contribution in [2.24, 2.45) is 5.41 Å². The number of nitrogens with one attached hydrogen (secondary N) is 2. The minimum Gasteiger partial charge on any atom is -0.476 e. The lowest BCUT2D eigenvalue weighted by Gasteiger charge is -2.35. The van der Waals surface area contributed by atoms with Gasteiger partial charge in [-0.05, 0) is 44.9 Å². The first kappa shape index (κ1) is 14.8. The van der Waals surface area contributed by atoms with Crippen molar-refractivity contribution < 1.29 is 9.53 Å². The second-order valence-corrected chi connectivity index (χ2v) is 5.16. The Morgan fingerprint density at radius 1 is 1.55 bits per heavy atom. The zero-order valence-electron chi connectivity index (χ0n) is 12.2. The lowest BCUT2D eigenvalue weighted by Crippen LogP contribution is -2.47. The highest BCUT2D eigenvalue weighted by atomic mass is 16.5. The molecule has 1 aliphatic heterocycles. The predicted octanol–water partition coefficient (Wildman–Crippen LogP) is 2.20. The fourth-order valence-corrected chi connectivity index (χ4v) is 2.62. The predicted molar refractivity (Wildman–Crippen MR) is 78.9 cm³/mol. The van der Waals surface area contributed by atoms with E-state index in [4.69, 9.17) is 4.74 Å². The van der Waals surface area contributed by atoms with Crippen LogP contribution in [0.2, 0.25) is 0 Å². The number of carbonyl (C=O) groups excluding carboxylic acids is 1. The average molecular weight is 277 g/mol. The maximum Gasteiger partial charge on any atom is 0.237 e. The summed E-state index contributed by atoms with van der Waals surface area (Å²) in [5, 5.41) is 6.32. The third kappa shape index (κ3) is 3.10. The van der Waals surface area contributed by atoms with Crippen LogP contribution in [0.5, 0.6) is 5.88 Å². The molecule has 5 heteroatoms. The van der Waals surface area contributed by atoms with E-state index in [0.717, 1.165) is 32.4 Å². The van der Waals surface area contributed by atoms with Crippen molar-refractivity contribution in [3.63, 3.8) is 0 Å². The maximum atomic E-state index is 12.6. The topological polar surface area (TPSA) is 63.2 Å². The smallest absolute Gasteiger partial charge is 0.237 e. The standard InChI is InChI=1S/C15H23N3O2/c1-3-15(8-6-9-16-11-15)14(19)18-12-7-5-10-17-13(12)20-4-2/h5,7,10,16H,3-4,6,8-9,11H2,1-2H3,(H,18,19). The number of rotatable bonds is 5. The minimum atomic E-state index is -0.322. The van der Waals surface area contributed by atoms with Gasteiger partial charge in [0.1, 0.15) is 5.69 Å². The number of ether oxygens (including phenoxy) is 1. The molecule has 1 amide bonds. The van der Waals surface area contributed by atoms with Crippen molar-refractivity contribution in [3.05, 3.63) is 18.3 Å². The molecule has 1 saturated heterocycles. The Morgan fingerprint density at radius 2 is 2.40 bits per heavy atom. The van der Waals surface area contributed by atoms with Crippen molar-refractivity contribution in [1.82, 2.24) is 10.3 Å². The fourth-order valence-electron chi connectivity index (χ4n) is 2.62. The summed E-state index contributed by atoms with van der Waals surface area (Å²) in [6.45, 7) is 6.23. The Kier molecular flexibility index (Phi) is 4.95. The molecular formula is C15H23N3O2. The summed E-state index contributed by atoms with van der Waals surface area (Å²) in [5.74, 6) is 0.541. The molecule has 0 spiro atoms. The Balaban J connectivity index is 2.14.